The van der Waals surface area contributed by atoms with E-state index in [0.29, 0.717) is 10.9 Å². The summed E-state index contributed by atoms with van der Waals surface area (Å²) in [4.78, 5) is 7.30. The topological polar surface area (TPSA) is 39.9 Å². The van der Waals surface area contributed by atoms with Crippen LogP contribution in [-0.4, -0.2) is 17.6 Å². The molecule has 0 aromatic carbocycles. The minimum absolute atomic E-state index is 0.571. The third-order valence-corrected chi connectivity index (χ3v) is 3.59. The van der Waals surface area contributed by atoms with Crippen molar-refractivity contribution >= 4 is 16.5 Å². The van der Waals surface area contributed by atoms with Crippen LogP contribution in [0.15, 0.2) is 6.20 Å². The molecule has 0 aliphatic carbocycles. The highest BCUT2D eigenvalue weighted by molar-refractivity contribution is 7.16. The predicted octanol–water partition coefficient (Wildman–Crippen LogP) is 2.39. The van der Waals surface area contributed by atoms with Crippen LogP contribution in [0.3, 0.4) is 0 Å². The number of nitrogens with zero attached hydrogens (tertiary/aromatic N) is 3. The normalized spacial score (nSPS) is 22.0. The zero-order valence-corrected chi connectivity index (χ0v) is 9.05. The largest absolute Gasteiger partial charge is 0.345 e. The van der Waals surface area contributed by atoms with Gasteiger partial charge < -0.3 is 4.90 Å². The van der Waals surface area contributed by atoms with Gasteiger partial charge in [0.2, 0.25) is 0 Å². The Morgan fingerprint density at radius 3 is 3.14 bits per heavy atom. The van der Waals surface area contributed by atoms with Gasteiger partial charge in [-0.15, -0.1) is 0 Å². The van der Waals surface area contributed by atoms with Crippen LogP contribution in [0.4, 0.5) is 5.13 Å². The summed E-state index contributed by atoms with van der Waals surface area (Å²) < 4.78 is 0. The zero-order chi connectivity index (χ0) is 9.97. The van der Waals surface area contributed by atoms with Gasteiger partial charge in [-0.25, -0.2) is 4.98 Å². The van der Waals surface area contributed by atoms with Crippen molar-refractivity contribution in [3.05, 3.63) is 11.1 Å². The van der Waals surface area contributed by atoms with Crippen LogP contribution in [0.1, 0.15) is 31.1 Å². The van der Waals surface area contributed by atoms with Crippen LogP contribution in [0.5, 0.6) is 0 Å². The fourth-order valence-electron chi connectivity index (χ4n) is 1.83. The number of piperidine rings is 1. The van der Waals surface area contributed by atoms with Gasteiger partial charge in [0.1, 0.15) is 10.9 Å². The third kappa shape index (κ3) is 1.73. The summed E-state index contributed by atoms with van der Waals surface area (Å²) in [5.74, 6) is 0. The summed E-state index contributed by atoms with van der Waals surface area (Å²) in [7, 11) is 0. The van der Waals surface area contributed by atoms with E-state index in [0.717, 1.165) is 11.7 Å². The van der Waals surface area contributed by atoms with Crippen molar-refractivity contribution in [2.45, 2.75) is 32.2 Å². The molecule has 1 unspecified atom stereocenters. The van der Waals surface area contributed by atoms with E-state index in [1.165, 1.54) is 30.6 Å². The number of hydrogen-bond donors (Lipinski definition) is 0. The molecule has 0 spiro atoms. The van der Waals surface area contributed by atoms with Crippen molar-refractivity contribution in [2.75, 3.05) is 11.4 Å². The van der Waals surface area contributed by atoms with Gasteiger partial charge >= 0.3 is 0 Å². The van der Waals surface area contributed by atoms with Crippen molar-refractivity contribution in [1.29, 1.82) is 5.26 Å². The molecule has 1 aromatic rings. The Balaban J connectivity index is 2.17. The molecule has 3 nitrogen and oxygen atoms in total. The van der Waals surface area contributed by atoms with Gasteiger partial charge in [-0.05, 0) is 26.2 Å². The van der Waals surface area contributed by atoms with Gasteiger partial charge in [0.05, 0.1) is 6.20 Å². The molecule has 1 saturated heterocycles. The molecule has 1 aliphatic rings. The van der Waals surface area contributed by atoms with Crippen LogP contribution in [0.25, 0.3) is 0 Å². The van der Waals surface area contributed by atoms with Gasteiger partial charge in [0, 0.05) is 12.6 Å². The van der Waals surface area contributed by atoms with E-state index in [-0.39, 0.29) is 0 Å². The van der Waals surface area contributed by atoms with Gasteiger partial charge in [0.15, 0.2) is 5.13 Å². The smallest absolute Gasteiger partial charge is 0.186 e. The maximum atomic E-state index is 8.72. The monoisotopic (exact) mass is 207 g/mol. The van der Waals surface area contributed by atoms with Gasteiger partial charge in [-0.3, -0.25) is 0 Å². The lowest BCUT2D eigenvalue weighted by Gasteiger charge is -2.32. The second-order valence-electron chi connectivity index (χ2n) is 3.66. The first-order valence-corrected chi connectivity index (χ1v) is 5.75. The Morgan fingerprint density at radius 2 is 2.50 bits per heavy atom. The van der Waals surface area contributed by atoms with Crippen LogP contribution in [0.2, 0.25) is 0 Å². The first-order valence-electron chi connectivity index (χ1n) is 4.94. The van der Waals surface area contributed by atoms with Crippen molar-refractivity contribution in [3.8, 4) is 6.07 Å². The molecule has 1 fully saturated rings. The molecular formula is C10H13N3S. The summed E-state index contributed by atoms with van der Waals surface area (Å²) >= 11 is 1.50. The highest BCUT2D eigenvalue weighted by Crippen LogP contribution is 2.28. The molecule has 2 heterocycles. The maximum Gasteiger partial charge on any atom is 0.186 e. The van der Waals surface area contributed by atoms with Crippen molar-refractivity contribution in [2.24, 2.45) is 0 Å². The number of thiazole rings is 1. The molecule has 14 heavy (non-hydrogen) atoms. The van der Waals surface area contributed by atoms with Crippen molar-refractivity contribution in [1.82, 2.24) is 4.98 Å². The van der Waals surface area contributed by atoms with E-state index in [2.05, 4.69) is 22.9 Å². The summed E-state index contributed by atoms with van der Waals surface area (Å²) in [5.41, 5.74) is 0. The Kier molecular flexibility index (Phi) is 2.69. The molecule has 0 radical (unpaired) electrons. The quantitative estimate of drug-likeness (QED) is 0.710. The molecule has 74 valence electrons. The highest BCUT2D eigenvalue weighted by atomic mass is 32.1. The second kappa shape index (κ2) is 3.97. The van der Waals surface area contributed by atoms with E-state index in [1.807, 2.05) is 0 Å². The lowest BCUT2D eigenvalue weighted by Crippen LogP contribution is -2.37. The molecule has 1 atom stereocenters. The summed E-state index contributed by atoms with van der Waals surface area (Å²) in [6, 6.07) is 2.70. The minimum atomic E-state index is 0.571. The zero-order valence-electron chi connectivity index (χ0n) is 8.23. The average molecular weight is 207 g/mol. The Labute approximate surface area is 88.0 Å². The lowest BCUT2D eigenvalue weighted by molar-refractivity contribution is 0.484. The molecule has 0 saturated carbocycles. The Bertz CT molecular complexity index is 352. The fourth-order valence-corrected chi connectivity index (χ4v) is 2.67. The van der Waals surface area contributed by atoms with E-state index >= 15 is 0 Å². The van der Waals surface area contributed by atoms with E-state index < -0.39 is 0 Å². The summed E-state index contributed by atoms with van der Waals surface area (Å²) in [5, 5.41) is 9.73. The number of nitriles is 1. The SMILES string of the molecule is CC1CCCCN1c1ncc(C#N)s1. The fraction of sp³-hybridized carbons (Fsp3) is 0.600. The van der Waals surface area contributed by atoms with Crippen LogP contribution in [-0.2, 0) is 0 Å². The van der Waals surface area contributed by atoms with Gasteiger partial charge in [-0.2, -0.15) is 5.26 Å². The molecular weight excluding hydrogens is 194 g/mol. The maximum absolute atomic E-state index is 8.72. The van der Waals surface area contributed by atoms with Gasteiger partial charge in [0.25, 0.3) is 0 Å². The first-order chi connectivity index (χ1) is 6.81. The summed E-state index contributed by atoms with van der Waals surface area (Å²) in [6.45, 7) is 3.31. The third-order valence-electron chi connectivity index (χ3n) is 2.65. The number of aromatic nitrogens is 1. The molecule has 0 amide bonds. The predicted molar refractivity (Wildman–Crippen MR) is 57.5 cm³/mol. The molecule has 0 bridgehead atoms. The molecule has 1 aromatic heterocycles. The van der Waals surface area contributed by atoms with E-state index in [1.54, 1.807) is 6.20 Å². The molecule has 2 rings (SSSR count). The van der Waals surface area contributed by atoms with Crippen LogP contribution >= 0.6 is 11.3 Å². The van der Waals surface area contributed by atoms with E-state index in [9.17, 15) is 0 Å². The number of hydrogen-bond acceptors (Lipinski definition) is 4. The van der Waals surface area contributed by atoms with E-state index in [4.69, 9.17) is 5.26 Å². The average Bonchev–Trinajstić information content (AvgIpc) is 2.67. The highest BCUT2D eigenvalue weighted by Gasteiger charge is 2.20. The summed E-state index contributed by atoms with van der Waals surface area (Å²) in [6.07, 6.45) is 5.46. The number of rotatable bonds is 1. The molecule has 1 aliphatic heterocycles. The lowest BCUT2D eigenvalue weighted by atomic mass is 10.1. The van der Waals surface area contributed by atoms with Crippen LogP contribution in [0, 0.1) is 11.3 Å². The second-order valence-corrected chi connectivity index (χ2v) is 4.67. The molecule has 0 N–H and O–H groups in total. The molecule has 4 heteroatoms. The van der Waals surface area contributed by atoms with Crippen molar-refractivity contribution in [3.63, 3.8) is 0 Å². The van der Waals surface area contributed by atoms with Crippen LogP contribution < -0.4 is 4.90 Å². The van der Waals surface area contributed by atoms with Gasteiger partial charge in [-0.1, -0.05) is 11.3 Å². The first kappa shape index (κ1) is 9.47. The standard InChI is InChI=1S/C10H13N3S/c1-8-4-2-3-5-13(8)10-12-7-9(6-11)14-10/h7-8H,2-5H2,1H3. The Hall–Kier alpha value is -1.08. The Morgan fingerprint density at radius 1 is 1.64 bits per heavy atom. The minimum Gasteiger partial charge on any atom is -0.345 e. The van der Waals surface area contributed by atoms with Crippen molar-refractivity contribution < 1.29 is 0 Å². The number of anilines is 1.